The average molecular weight is 503 g/mol. The zero-order valence-electron chi connectivity index (χ0n) is 21.3. The number of nitrogens with one attached hydrogen (secondary N) is 1. The van der Waals surface area contributed by atoms with Gasteiger partial charge in [-0.25, -0.2) is 13.8 Å². The molecule has 196 valence electrons. The monoisotopic (exact) mass is 502 g/mol. The van der Waals surface area contributed by atoms with Crippen molar-refractivity contribution in [1.82, 2.24) is 4.98 Å². The van der Waals surface area contributed by atoms with Crippen molar-refractivity contribution in [1.29, 1.82) is 0 Å². The molecule has 4 rings (SSSR count). The molecule has 1 unspecified atom stereocenters. The van der Waals surface area contributed by atoms with Crippen molar-refractivity contribution in [2.24, 2.45) is 0 Å². The predicted molar refractivity (Wildman–Crippen MR) is 137 cm³/mol. The molecule has 36 heavy (non-hydrogen) atoms. The van der Waals surface area contributed by atoms with Gasteiger partial charge in [0.2, 0.25) is 5.91 Å². The molecule has 2 aliphatic heterocycles. The van der Waals surface area contributed by atoms with Gasteiger partial charge in [0.15, 0.2) is 0 Å². The minimum atomic E-state index is -2.95. The second-order valence-corrected chi connectivity index (χ2v) is 9.55. The highest BCUT2D eigenvalue weighted by molar-refractivity contribution is 5.99. The first-order chi connectivity index (χ1) is 17.4. The number of piperidine rings is 1. The van der Waals surface area contributed by atoms with E-state index in [0.717, 1.165) is 30.5 Å². The minimum Gasteiger partial charge on any atom is -0.381 e. The molecule has 2 aliphatic rings. The van der Waals surface area contributed by atoms with E-state index in [1.165, 1.54) is 7.11 Å². The lowest BCUT2D eigenvalue weighted by atomic mass is 10.0. The Bertz CT molecular complexity index is 1050. The van der Waals surface area contributed by atoms with E-state index in [9.17, 15) is 13.6 Å². The van der Waals surface area contributed by atoms with Gasteiger partial charge in [0.1, 0.15) is 11.9 Å². The maximum Gasteiger partial charge on any atom is 0.290 e. The summed E-state index contributed by atoms with van der Waals surface area (Å²) in [6, 6.07) is 9.29. The van der Waals surface area contributed by atoms with Gasteiger partial charge in [0.05, 0.1) is 30.6 Å². The molecule has 1 fully saturated rings. The molecule has 1 aromatic carbocycles. The quantitative estimate of drug-likeness (QED) is 0.487. The first-order valence-corrected chi connectivity index (χ1v) is 12.7. The van der Waals surface area contributed by atoms with Crippen molar-refractivity contribution in [3.8, 4) is 0 Å². The molecule has 2 atom stereocenters. The van der Waals surface area contributed by atoms with Gasteiger partial charge >= 0.3 is 0 Å². The Morgan fingerprint density at radius 3 is 2.83 bits per heavy atom. The van der Waals surface area contributed by atoms with Crippen LogP contribution in [0.5, 0.6) is 0 Å². The molecule has 1 amide bonds. The number of pyridine rings is 1. The molecule has 1 saturated heterocycles. The van der Waals surface area contributed by atoms with E-state index in [0.29, 0.717) is 43.1 Å². The van der Waals surface area contributed by atoms with Crippen molar-refractivity contribution in [3.05, 3.63) is 42.1 Å². The van der Waals surface area contributed by atoms with Crippen molar-refractivity contribution in [2.75, 3.05) is 42.4 Å². The summed E-state index contributed by atoms with van der Waals surface area (Å²) in [7, 11) is 3.04. The number of amides is 1. The van der Waals surface area contributed by atoms with E-state index in [2.05, 4.69) is 17.2 Å². The van der Waals surface area contributed by atoms with Crippen LogP contribution in [0.3, 0.4) is 0 Å². The van der Waals surface area contributed by atoms with Crippen LogP contribution in [0.1, 0.15) is 51.0 Å². The van der Waals surface area contributed by atoms with E-state index in [1.807, 2.05) is 30.3 Å². The first kappa shape index (κ1) is 26.3. The number of benzene rings is 1. The van der Waals surface area contributed by atoms with E-state index < -0.39 is 18.6 Å². The molecule has 9 heteroatoms. The molecular weight excluding hydrogens is 466 g/mol. The number of nitrogens with zero attached hydrogens (tertiary/aromatic N) is 3. The summed E-state index contributed by atoms with van der Waals surface area (Å²) in [6.45, 7) is 2.50. The molecule has 1 N–H and O–H groups in total. The Morgan fingerprint density at radius 2 is 2.11 bits per heavy atom. The number of rotatable bonds is 9. The highest BCUT2D eigenvalue weighted by atomic mass is 19.3. The SMILES string of the molecule is CCC[C@@H](CCCC(=O)N1Cc2cccnc2Nc2ccc(N3CCC(OC)C(F)(F)C3)cc21)OC. The number of hydrogen-bond acceptors (Lipinski definition) is 6. The smallest absolute Gasteiger partial charge is 0.290 e. The van der Waals surface area contributed by atoms with Crippen LogP contribution < -0.4 is 15.1 Å². The Hall–Kier alpha value is -2.78. The van der Waals surface area contributed by atoms with E-state index >= 15 is 0 Å². The first-order valence-electron chi connectivity index (χ1n) is 12.7. The third-order valence-electron chi connectivity index (χ3n) is 7.09. The van der Waals surface area contributed by atoms with Crippen molar-refractivity contribution < 1.29 is 23.0 Å². The van der Waals surface area contributed by atoms with Crippen LogP contribution in [0.15, 0.2) is 36.5 Å². The van der Waals surface area contributed by atoms with Crippen LogP contribution in [-0.4, -0.2) is 56.3 Å². The molecule has 3 heterocycles. The molecule has 0 radical (unpaired) electrons. The third-order valence-corrected chi connectivity index (χ3v) is 7.09. The standard InChI is InChI=1S/C27H36F2N4O3/c1-4-7-21(35-2)9-5-10-25(34)33-17-19-8-6-14-30-26(19)31-22-12-11-20(16-23(22)33)32-15-13-24(36-3)27(28,29)18-32/h6,8,11-12,14,16,21,24H,4-5,7,9-10,13,15,17-18H2,1-3H3,(H,30,31)/t21-,24?/m0/s1. The normalized spacial score (nSPS) is 19.6. The van der Waals surface area contributed by atoms with Gasteiger partial charge in [-0.15, -0.1) is 0 Å². The van der Waals surface area contributed by atoms with Crippen LogP contribution in [0, 0.1) is 0 Å². The number of anilines is 4. The zero-order chi connectivity index (χ0) is 25.7. The van der Waals surface area contributed by atoms with Crippen LogP contribution >= 0.6 is 0 Å². The summed E-state index contributed by atoms with van der Waals surface area (Å²) in [4.78, 5) is 21.4. The maximum atomic E-state index is 14.6. The van der Waals surface area contributed by atoms with E-state index in [-0.39, 0.29) is 18.4 Å². The maximum absolute atomic E-state index is 14.6. The third kappa shape index (κ3) is 5.78. The minimum absolute atomic E-state index is 0.0123. The van der Waals surface area contributed by atoms with Crippen LogP contribution in [0.25, 0.3) is 0 Å². The highest BCUT2D eigenvalue weighted by Gasteiger charge is 2.45. The van der Waals surface area contributed by atoms with Crippen LogP contribution in [-0.2, 0) is 20.8 Å². The summed E-state index contributed by atoms with van der Waals surface area (Å²) < 4.78 is 39.8. The second kappa shape index (κ2) is 11.5. The molecule has 2 aromatic rings. The molecule has 1 aromatic heterocycles. The molecule has 0 saturated carbocycles. The fourth-order valence-corrected chi connectivity index (χ4v) is 5.08. The Labute approximate surface area is 211 Å². The number of ether oxygens (including phenoxy) is 2. The Kier molecular flexibility index (Phi) is 8.41. The van der Waals surface area contributed by atoms with E-state index in [4.69, 9.17) is 9.47 Å². The Balaban J connectivity index is 1.59. The summed E-state index contributed by atoms with van der Waals surface area (Å²) in [5, 5.41) is 3.34. The fraction of sp³-hybridized carbons (Fsp3) is 0.556. The van der Waals surface area contributed by atoms with Crippen molar-refractivity contribution in [2.45, 2.75) is 70.1 Å². The Morgan fingerprint density at radius 1 is 1.28 bits per heavy atom. The molecular formula is C27H36F2N4O3. The average Bonchev–Trinajstić information content (AvgIpc) is 3.03. The van der Waals surface area contributed by atoms with Crippen molar-refractivity contribution in [3.63, 3.8) is 0 Å². The highest BCUT2D eigenvalue weighted by Crippen LogP contribution is 2.40. The topological polar surface area (TPSA) is 66.9 Å². The number of methoxy groups -OCH3 is 2. The number of halogens is 2. The van der Waals surface area contributed by atoms with Crippen LogP contribution in [0.2, 0.25) is 0 Å². The number of fused-ring (bicyclic) bond motifs is 2. The number of alkyl halides is 2. The second-order valence-electron chi connectivity index (χ2n) is 9.55. The lowest BCUT2D eigenvalue weighted by molar-refractivity contribution is -0.129. The molecule has 7 nitrogen and oxygen atoms in total. The molecule has 0 spiro atoms. The van der Waals surface area contributed by atoms with E-state index in [1.54, 1.807) is 23.1 Å². The number of aromatic nitrogens is 1. The lowest BCUT2D eigenvalue weighted by Crippen LogP contribution is -2.52. The molecule has 0 bridgehead atoms. The van der Waals surface area contributed by atoms with Gasteiger partial charge in [-0.1, -0.05) is 19.4 Å². The fourth-order valence-electron chi connectivity index (χ4n) is 5.08. The van der Waals surface area contributed by atoms with Gasteiger partial charge in [-0.2, -0.15) is 0 Å². The largest absolute Gasteiger partial charge is 0.381 e. The number of carbonyl (C=O) groups is 1. The summed E-state index contributed by atoms with van der Waals surface area (Å²) in [6.07, 6.45) is 4.91. The summed E-state index contributed by atoms with van der Waals surface area (Å²) in [5.74, 6) is -2.28. The van der Waals surface area contributed by atoms with Crippen LogP contribution in [0.4, 0.5) is 31.7 Å². The van der Waals surface area contributed by atoms with Gasteiger partial charge in [-0.3, -0.25) is 4.79 Å². The van der Waals surface area contributed by atoms with Gasteiger partial charge in [-0.05, 0) is 49.9 Å². The summed E-state index contributed by atoms with van der Waals surface area (Å²) in [5.41, 5.74) is 2.95. The van der Waals surface area contributed by atoms with Gasteiger partial charge in [0, 0.05) is 44.6 Å². The van der Waals surface area contributed by atoms with Gasteiger partial charge < -0.3 is 24.6 Å². The van der Waals surface area contributed by atoms with Gasteiger partial charge in [0.25, 0.3) is 5.92 Å². The van der Waals surface area contributed by atoms with Crippen molar-refractivity contribution >= 4 is 28.8 Å². The number of hydrogen-bond donors (Lipinski definition) is 1. The zero-order valence-corrected chi connectivity index (χ0v) is 21.3. The molecule has 0 aliphatic carbocycles. The lowest BCUT2D eigenvalue weighted by Gasteiger charge is -2.39. The summed E-state index contributed by atoms with van der Waals surface area (Å²) >= 11 is 0. The number of carbonyl (C=O) groups excluding carboxylic acids is 1. The predicted octanol–water partition coefficient (Wildman–Crippen LogP) is 5.52.